The quantitative estimate of drug-likeness (QED) is 0.651. The number of benzene rings is 1. The lowest BCUT2D eigenvalue weighted by Crippen LogP contribution is -2.27. The van der Waals surface area contributed by atoms with Crippen molar-refractivity contribution in [1.29, 1.82) is 4.78 Å². The number of hydrogen-bond acceptors (Lipinski definition) is 5. The van der Waals surface area contributed by atoms with E-state index in [1.807, 2.05) is 50.4 Å². The number of carbonyl (C=O) groups excluding carboxylic acids is 1. The maximum atomic E-state index is 12.6. The van der Waals surface area contributed by atoms with Gasteiger partial charge in [-0.1, -0.05) is 58.9 Å². The summed E-state index contributed by atoms with van der Waals surface area (Å²) in [4.78, 5) is 18.7. The minimum atomic E-state index is -0.599. The van der Waals surface area contributed by atoms with Crippen LogP contribution in [0.15, 0.2) is 47.2 Å². The zero-order valence-corrected chi connectivity index (χ0v) is 17.8. The highest BCUT2D eigenvalue weighted by Gasteiger charge is 2.18. The van der Waals surface area contributed by atoms with Crippen LogP contribution in [0.1, 0.15) is 23.7 Å². The first-order valence-corrected chi connectivity index (χ1v) is 11.1. The smallest absolute Gasteiger partial charge is 0.232 e. The fraction of sp³-hybridized carbons (Fsp3) is 0.300. The highest BCUT2D eigenvalue weighted by molar-refractivity contribution is 7.87. The largest absolute Gasteiger partial charge is 0.385 e. The van der Waals surface area contributed by atoms with Crippen molar-refractivity contribution in [3.05, 3.63) is 59.8 Å². The van der Waals surface area contributed by atoms with E-state index in [9.17, 15) is 4.79 Å². The molecule has 1 heterocycles. The molecule has 2 aromatic rings. The van der Waals surface area contributed by atoms with E-state index in [2.05, 4.69) is 16.9 Å². The Morgan fingerprint density at radius 3 is 2.59 bits per heavy atom. The summed E-state index contributed by atoms with van der Waals surface area (Å²) in [5.41, 5.74) is 3.87. The van der Waals surface area contributed by atoms with Gasteiger partial charge in [0.25, 0.3) is 0 Å². The Hall–Kier alpha value is -2.25. The summed E-state index contributed by atoms with van der Waals surface area (Å²) in [6.07, 6.45) is 5.85. The van der Waals surface area contributed by atoms with Crippen LogP contribution in [0.25, 0.3) is 5.70 Å². The summed E-state index contributed by atoms with van der Waals surface area (Å²) in [6, 6.07) is 7.96. The Kier molecular flexibility index (Phi) is 7.50. The summed E-state index contributed by atoms with van der Waals surface area (Å²) in [7, 11) is 1.14. The molecule has 0 radical (unpaired) electrons. The number of hydrogen-bond donors (Lipinski definition) is 2. The Labute approximate surface area is 167 Å². The summed E-state index contributed by atoms with van der Waals surface area (Å²) in [5, 5.41) is 3.96. The average Bonchev–Trinajstić information content (AvgIpc) is 3.03. The van der Waals surface area contributed by atoms with Crippen molar-refractivity contribution in [3.63, 3.8) is 0 Å². The fourth-order valence-electron chi connectivity index (χ4n) is 2.56. The predicted molar refractivity (Wildman–Crippen MR) is 117 cm³/mol. The minimum Gasteiger partial charge on any atom is -0.385 e. The van der Waals surface area contributed by atoms with Crippen LogP contribution in [-0.2, 0) is 21.9 Å². The third-order valence-corrected chi connectivity index (χ3v) is 6.83. The van der Waals surface area contributed by atoms with Gasteiger partial charge in [0, 0.05) is 19.3 Å². The lowest BCUT2D eigenvalue weighted by molar-refractivity contribution is -0.117. The van der Waals surface area contributed by atoms with Crippen molar-refractivity contribution in [2.24, 2.45) is 0 Å². The van der Waals surface area contributed by atoms with Gasteiger partial charge in [0.15, 0.2) is 5.13 Å². The lowest BCUT2D eigenvalue weighted by atomic mass is 10.1. The molecule has 2 rings (SSSR count). The lowest BCUT2D eigenvalue weighted by Gasteiger charge is -2.14. The zero-order valence-electron chi connectivity index (χ0n) is 16.2. The summed E-state index contributed by atoms with van der Waals surface area (Å²) in [5.74, 6) is -0.0162. The van der Waals surface area contributed by atoms with Gasteiger partial charge in [-0.05, 0) is 37.3 Å². The van der Waals surface area contributed by atoms with E-state index < -0.39 is 10.7 Å². The number of allylic oxidation sites excluding steroid dienone is 2. The molecule has 2 N–H and O–H groups in total. The van der Waals surface area contributed by atoms with Crippen LogP contribution in [-0.4, -0.2) is 30.7 Å². The molecular weight excluding hydrogens is 376 g/mol. The van der Waals surface area contributed by atoms with Gasteiger partial charge >= 0.3 is 0 Å². The van der Waals surface area contributed by atoms with Gasteiger partial charge in [0.1, 0.15) is 0 Å². The Morgan fingerprint density at radius 2 is 2.07 bits per heavy atom. The standard InChI is InChI=1S/C20H26N4OS2/c1-6-8-17(22-7-2)16-11-9-15(10-12-16)13-18(25)24(4)20-23-14(3)19(26-20)27(5)21/h6,8-12,21-22H,1,7,13H2,2-5H3/b17-8-/t27-/m0/s1. The predicted octanol–water partition coefficient (Wildman–Crippen LogP) is 4.16. The van der Waals surface area contributed by atoms with Crippen molar-refractivity contribution < 1.29 is 4.79 Å². The number of amides is 1. The van der Waals surface area contributed by atoms with E-state index in [0.717, 1.165) is 33.3 Å². The molecule has 0 aliphatic rings. The zero-order chi connectivity index (χ0) is 20.0. The molecule has 0 aliphatic carbocycles. The van der Waals surface area contributed by atoms with Crippen LogP contribution in [0.5, 0.6) is 0 Å². The molecule has 0 spiro atoms. The normalized spacial score (nSPS) is 12.5. The number of aryl methyl sites for hydroxylation is 1. The molecule has 1 amide bonds. The van der Waals surface area contributed by atoms with Crippen LogP contribution in [0.3, 0.4) is 0 Å². The Balaban J connectivity index is 2.11. The number of rotatable bonds is 8. The Morgan fingerprint density at radius 1 is 1.41 bits per heavy atom. The van der Waals surface area contributed by atoms with Crippen molar-refractivity contribution in [2.45, 2.75) is 24.5 Å². The molecule has 0 unspecified atom stereocenters. The first kappa shape index (κ1) is 21.1. The third kappa shape index (κ3) is 5.37. The SMILES string of the molecule is C=C/C=C(\NCC)c1ccc(CC(=O)N(C)c2nc(C)c([S@](C)=N)s2)cc1. The fourth-order valence-corrected chi connectivity index (χ4v) is 4.56. The van der Waals surface area contributed by atoms with E-state index in [-0.39, 0.29) is 5.91 Å². The highest BCUT2D eigenvalue weighted by Crippen LogP contribution is 2.28. The first-order valence-electron chi connectivity index (χ1n) is 8.64. The molecule has 144 valence electrons. The summed E-state index contributed by atoms with van der Waals surface area (Å²) in [6.45, 7) is 8.52. The van der Waals surface area contributed by atoms with Crippen LogP contribution < -0.4 is 10.2 Å². The number of anilines is 1. The first-order chi connectivity index (χ1) is 12.9. The second-order valence-electron chi connectivity index (χ2n) is 6.05. The molecule has 5 nitrogen and oxygen atoms in total. The molecule has 7 heteroatoms. The average molecular weight is 403 g/mol. The molecule has 0 saturated carbocycles. The molecule has 27 heavy (non-hydrogen) atoms. The molecule has 1 aromatic carbocycles. The second-order valence-corrected chi connectivity index (χ2v) is 8.72. The number of nitrogens with one attached hydrogen (secondary N) is 2. The number of likely N-dealkylation sites (N-methyl/N-ethyl adjacent to an activating group) is 1. The monoisotopic (exact) mass is 402 g/mol. The van der Waals surface area contributed by atoms with Gasteiger partial charge in [-0.25, -0.2) is 4.98 Å². The number of nitrogens with zero attached hydrogens (tertiary/aromatic N) is 2. The highest BCUT2D eigenvalue weighted by atomic mass is 32.2. The third-order valence-electron chi connectivity index (χ3n) is 3.95. The van der Waals surface area contributed by atoms with Crippen molar-refractivity contribution in [3.8, 4) is 0 Å². The summed E-state index contributed by atoms with van der Waals surface area (Å²) >= 11 is 1.43. The van der Waals surface area contributed by atoms with Gasteiger partial charge in [0.2, 0.25) is 5.91 Å². The van der Waals surface area contributed by atoms with Crippen LogP contribution in [0.2, 0.25) is 0 Å². The molecule has 0 aliphatic heterocycles. The maximum Gasteiger partial charge on any atom is 0.232 e. The van der Waals surface area contributed by atoms with Crippen LogP contribution >= 0.6 is 11.3 Å². The van der Waals surface area contributed by atoms with E-state index in [1.165, 1.54) is 11.3 Å². The van der Waals surface area contributed by atoms with Crippen molar-refractivity contribution in [2.75, 3.05) is 24.7 Å². The maximum absolute atomic E-state index is 12.6. The second kappa shape index (κ2) is 9.62. The topological polar surface area (TPSA) is 69.1 Å². The van der Waals surface area contributed by atoms with Gasteiger partial charge in [-0.3, -0.25) is 14.5 Å². The molecule has 0 bridgehead atoms. The van der Waals surface area contributed by atoms with Crippen LogP contribution in [0.4, 0.5) is 5.13 Å². The molecule has 1 aromatic heterocycles. The molecule has 1 atom stereocenters. The van der Waals surface area contributed by atoms with Gasteiger partial charge < -0.3 is 5.32 Å². The van der Waals surface area contributed by atoms with E-state index in [1.54, 1.807) is 18.0 Å². The van der Waals surface area contributed by atoms with Crippen molar-refractivity contribution in [1.82, 2.24) is 10.3 Å². The Bertz CT molecular complexity index is 869. The van der Waals surface area contributed by atoms with E-state index in [4.69, 9.17) is 4.78 Å². The number of aromatic nitrogens is 1. The van der Waals surface area contributed by atoms with E-state index in [0.29, 0.717) is 11.6 Å². The van der Waals surface area contributed by atoms with Crippen molar-refractivity contribution >= 4 is 38.8 Å². The number of carbonyl (C=O) groups is 1. The molecule has 0 saturated heterocycles. The number of thiazole rings is 1. The van der Waals surface area contributed by atoms with E-state index >= 15 is 0 Å². The van der Waals surface area contributed by atoms with Gasteiger partial charge in [-0.15, -0.1) is 0 Å². The minimum absolute atomic E-state index is 0.0162. The van der Waals surface area contributed by atoms with Gasteiger partial charge in [-0.2, -0.15) is 0 Å². The van der Waals surface area contributed by atoms with Gasteiger partial charge in [0.05, 0.1) is 16.3 Å². The molecule has 0 fully saturated rings. The summed E-state index contributed by atoms with van der Waals surface area (Å²) < 4.78 is 8.82. The molecular formula is C20H26N4OS2. The van der Waals surface area contributed by atoms with Crippen LogP contribution in [0, 0.1) is 11.7 Å².